The molecule has 3 nitrogen and oxygen atoms in total. The molecule has 0 spiro atoms. The Morgan fingerprint density at radius 2 is 2.06 bits per heavy atom. The van der Waals surface area contributed by atoms with Crippen LogP contribution in [0.25, 0.3) is 0 Å². The first-order valence-corrected chi connectivity index (χ1v) is 6.12. The van der Waals surface area contributed by atoms with E-state index in [1.807, 2.05) is 6.07 Å². The minimum absolute atomic E-state index is 0.358. The molecule has 96 valence electrons. The molecule has 0 radical (unpaired) electrons. The largest absolute Gasteiger partial charge is 0.496 e. The Bertz CT molecular complexity index is 339. The molecule has 17 heavy (non-hydrogen) atoms. The summed E-state index contributed by atoms with van der Waals surface area (Å²) in [5, 5.41) is 3.47. The summed E-state index contributed by atoms with van der Waals surface area (Å²) >= 11 is 0. The fourth-order valence-corrected chi connectivity index (χ4v) is 1.81. The Labute approximate surface area is 104 Å². The molecule has 1 aromatic rings. The summed E-state index contributed by atoms with van der Waals surface area (Å²) in [5.41, 5.74) is 2.36. The van der Waals surface area contributed by atoms with Gasteiger partial charge in [-0.15, -0.1) is 0 Å². The predicted octanol–water partition coefficient (Wildman–Crippen LogP) is 2.90. The molecule has 1 aromatic carbocycles. The lowest BCUT2D eigenvalue weighted by atomic mass is 10.0. The van der Waals surface area contributed by atoms with Gasteiger partial charge in [0.25, 0.3) is 0 Å². The van der Waals surface area contributed by atoms with Crippen LogP contribution < -0.4 is 10.1 Å². The molecule has 0 aromatic heterocycles. The molecule has 0 saturated carbocycles. The van der Waals surface area contributed by atoms with E-state index < -0.39 is 0 Å². The molecule has 0 bridgehead atoms. The molecule has 0 aliphatic rings. The standard InChI is InChI=1S/C14H23NO2/c1-5-8-15-11(2)12-6-7-14(17-4)13(9-12)10-16-3/h6-7,9,11,15H,5,8,10H2,1-4H3. The van der Waals surface area contributed by atoms with Gasteiger partial charge in [0, 0.05) is 18.7 Å². The van der Waals surface area contributed by atoms with E-state index in [9.17, 15) is 0 Å². The van der Waals surface area contributed by atoms with Crippen molar-refractivity contribution in [2.24, 2.45) is 0 Å². The summed E-state index contributed by atoms with van der Waals surface area (Å²) < 4.78 is 10.5. The summed E-state index contributed by atoms with van der Waals surface area (Å²) in [5.74, 6) is 0.887. The maximum atomic E-state index is 5.31. The van der Waals surface area contributed by atoms with Crippen LogP contribution >= 0.6 is 0 Å². The lowest BCUT2D eigenvalue weighted by Gasteiger charge is -2.16. The maximum Gasteiger partial charge on any atom is 0.124 e. The van der Waals surface area contributed by atoms with E-state index in [4.69, 9.17) is 9.47 Å². The molecule has 0 amide bonds. The highest BCUT2D eigenvalue weighted by molar-refractivity contribution is 5.38. The number of rotatable bonds is 7. The topological polar surface area (TPSA) is 30.5 Å². The van der Waals surface area contributed by atoms with Crippen molar-refractivity contribution in [3.63, 3.8) is 0 Å². The second-order valence-corrected chi connectivity index (χ2v) is 4.18. The zero-order chi connectivity index (χ0) is 12.7. The highest BCUT2D eigenvalue weighted by Gasteiger charge is 2.08. The normalized spacial score (nSPS) is 12.5. The third-order valence-corrected chi connectivity index (χ3v) is 2.80. The third kappa shape index (κ3) is 4.02. The van der Waals surface area contributed by atoms with Crippen molar-refractivity contribution in [3.8, 4) is 5.75 Å². The Hall–Kier alpha value is -1.06. The molecule has 1 N–H and O–H groups in total. The lowest BCUT2D eigenvalue weighted by molar-refractivity contribution is 0.181. The van der Waals surface area contributed by atoms with Gasteiger partial charge in [-0.3, -0.25) is 0 Å². The zero-order valence-electron chi connectivity index (χ0n) is 11.2. The van der Waals surface area contributed by atoms with Gasteiger partial charge in [-0.1, -0.05) is 13.0 Å². The Balaban J connectivity index is 2.83. The molecule has 0 aliphatic heterocycles. The van der Waals surface area contributed by atoms with Crippen molar-refractivity contribution in [3.05, 3.63) is 29.3 Å². The second kappa shape index (κ2) is 7.30. The minimum Gasteiger partial charge on any atom is -0.496 e. The third-order valence-electron chi connectivity index (χ3n) is 2.80. The van der Waals surface area contributed by atoms with Gasteiger partial charge in [0.05, 0.1) is 13.7 Å². The number of benzene rings is 1. The first-order chi connectivity index (χ1) is 8.22. The molecule has 1 rings (SSSR count). The summed E-state index contributed by atoms with van der Waals surface area (Å²) in [6.45, 7) is 5.96. The van der Waals surface area contributed by atoms with Crippen LogP contribution in [-0.2, 0) is 11.3 Å². The van der Waals surface area contributed by atoms with E-state index in [0.717, 1.165) is 24.3 Å². The van der Waals surface area contributed by atoms with Gasteiger partial charge in [0.1, 0.15) is 5.75 Å². The van der Waals surface area contributed by atoms with Gasteiger partial charge < -0.3 is 14.8 Å². The minimum atomic E-state index is 0.358. The van der Waals surface area contributed by atoms with E-state index in [-0.39, 0.29) is 0 Å². The first-order valence-electron chi connectivity index (χ1n) is 6.12. The van der Waals surface area contributed by atoms with Crippen LogP contribution in [0.4, 0.5) is 0 Å². The van der Waals surface area contributed by atoms with Crippen LogP contribution in [0, 0.1) is 0 Å². The average Bonchev–Trinajstić information content (AvgIpc) is 2.36. The van der Waals surface area contributed by atoms with Crippen molar-refractivity contribution >= 4 is 0 Å². The highest BCUT2D eigenvalue weighted by Crippen LogP contribution is 2.23. The molecule has 0 saturated heterocycles. The van der Waals surface area contributed by atoms with Crippen molar-refractivity contribution in [2.75, 3.05) is 20.8 Å². The number of hydrogen-bond acceptors (Lipinski definition) is 3. The fourth-order valence-electron chi connectivity index (χ4n) is 1.81. The molecule has 0 fully saturated rings. The van der Waals surface area contributed by atoms with E-state index >= 15 is 0 Å². The van der Waals surface area contributed by atoms with Crippen molar-refractivity contribution in [2.45, 2.75) is 32.9 Å². The molecular weight excluding hydrogens is 214 g/mol. The number of methoxy groups -OCH3 is 2. The molecular formula is C14H23NO2. The molecule has 0 heterocycles. The van der Waals surface area contributed by atoms with Gasteiger partial charge in [0.2, 0.25) is 0 Å². The van der Waals surface area contributed by atoms with Crippen LogP contribution in [0.3, 0.4) is 0 Å². The smallest absolute Gasteiger partial charge is 0.124 e. The predicted molar refractivity (Wildman–Crippen MR) is 70.4 cm³/mol. The van der Waals surface area contributed by atoms with E-state index in [1.165, 1.54) is 5.56 Å². The zero-order valence-corrected chi connectivity index (χ0v) is 11.2. The van der Waals surface area contributed by atoms with Crippen molar-refractivity contribution in [1.82, 2.24) is 5.32 Å². The van der Waals surface area contributed by atoms with Gasteiger partial charge in [-0.25, -0.2) is 0 Å². The van der Waals surface area contributed by atoms with Gasteiger partial charge in [0.15, 0.2) is 0 Å². The van der Waals surface area contributed by atoms with Gasteiger partial charge >= 0.3 is 0 Å². The lowest BCUT2D eigenvalue weighted by Crippen LogP contribution is -2.19. The maximum absolute atomic E-state index is 5.31. The summed E-state index contributed by atoms with van der Waals surface area (Å²) in [4.78, 5) is 0. The van der Waals surface area contributed by atoms with Crippen LogP contribution in [0.1, 0.15) is 37.4 Å². The molecule has 1 unspecified atom stereocenters. The number of nitrogens with one attached hydrogen (secondary N) is 1. The summed E-state index contributed by atoms with van der Waals surface area (Å²) in [6, 6.07) is 6.62. The van der Waals surface area contributed by atoms with Gasteiger partial charge in [-0.05, 0) is 37.6 Å². The number of hydrogen-bond donors (Lipinski definition) is 1. The number of ether oxygens (including phenoxy) is 2. The average molecular weight is 237 g/mol. The van der Waals surface area contributed by atoms with Crippen LogP contribution in [0.5, 0.6) is 5.75 Å². The summed E-state index contributed by atoms with van der Waals surface area (Å²) in [7, 11) is 3.39. The van der Waals surface area contributed by atoms with Crippen molar-refractivity contribution in [1.29, 1.82) is 0 Å². The SMILES string of the molecule is CCCNC(C)c1ccc(OC)c(COC)c1. The van der Waals surface area contributed by atoms with Crippen molar-refractivity contribution < 1.29 is 9.47 Å². The quantitative estimate of drug-likeness (QED) is 0.791. The molecule has 0 aliphatic carbocycles. The van der Waals surface area contributed by atoms with Crippen LogP contribution in [-0.4, -0.2) is 20.8 Å². The highest BCUT2D eigenvalue weighted by atomic mass is 16.5. The Kier molecular flexibility index (Phi) is 6.01. The van der Waals surface area contributed by atoms with E-state index in [0.29, 0.717) is 12.6 Å². The second-order valence-electron chi connectivity index (χ2n) is 4.18. The fraction of sp³-hybridized carbons (Fsp3) is 0.571. The Morgan fingerprint density at radius 1 is 1.29 bits per heavy atom. The molecule has 3 heteroatoms. The first kappa shape index (κ1) is 14.0. The molecule has 1 atom stereocenters. The Morgan fingerprint density at radius 3 is 2.65 bits per heavy atom. The van der Waals surface area contributed by atoms with E-state index in [1.54, 1.807) is 14.2 Å². The van der Waals surface area contributed by atoms with Crippen LogP contribution in [0.2, 0.25) is 0 Å². The van der Waals surface area contributed by atoms with Crippen LogP contribution in [0.15, 0.2) is 18.2 Å². The van der Waals surface area contributed by atoms with E-state index in [2.05, 4.69) is 31.3 Å². The van der Waals surface area contributed by atoms with Gasteiger partial charge in [-0.2, -0.15) is 0 Å². The monoisotopic (exact) mass is 237 g/mol. The summed E-state index contributed by atoms with van der Waals surface area (Å²) in [6.07, 6.45) is 1.14.